The van der Waals surface area contributed by atoms with Crippen molar-refractivity contribution < 1.29 is 47.7 Å². The number of methoxy groups -OCH3 is 1. The van der Waals surface area contributed by atoms with Crippen molar-refractivity contribution in [2.45, 2.75) is 112 Å². The smallest absolute Gasteiger partial charge is 0.407 e. The van der Waals surface area contributed by atoms with Gasteiger partial charge in [-0.15, -0.1) is 0 Å². The highest BCUT2D eigenvalue weighted by atomic mass is 16.6. The molecule has 7 rings (SSSR count). The van der Waals surface area contributed by atoms with Crippen LogP contribution >= 0.6 is 0 Å². The lowest BCUT2D eigenvalue weighted by atomic mass is 9.85. The van der Waals surface area contributed by atoms with Crippen molar-refractivity contribution in [3.05, 3.63) is 68.8 Å². The van der Waals surface area contributed by atoms with Gasteiger partial charge in [0.05, 0.1) is 86.5 Å². The number of H-pyrrole nitrogens is 2. The van der Waals surface area contributed by atoms with Crippen LogP contribution in [0.15, 0.2) is 18.2 Å². The van der Waals surface area contributed by atoms with E-state index in [4.69, 9.17) is 33.7 Å². The Morgan fingerprint density at radius 3 is 2.32 bits per heavy atom. The van der Waals surface area contributed by atoms with Gasteiger partial charge in [0.15, 0.2) is 0 Å². The molecule has 4 aliphatic heterocycles. The number of hydrogen-bond donors (Lipinski definition) is 3. The first-order valence-corrected chi connectivity index (χ1v) is 24.0. The van der Waals surface area contributed by atoms with Crippen LogP contribution in [0.25, 0.3) is 33.2 Å². The number of hydrazine groups is 1. The molecule has 69 heavy (non-hydrogen) atoms. The minimum atomic E-state index is -0.683. The summed E-state index contributed by atoms with van der Waals surface area (Å²) in [5.41, 5.74) is 9.28. The number of carbonyl (C=O) groups is 5. The zero-order chi connectivity index (χ0) is 49.9. The monoisotopic (exact) mass is 953 g/mol. The number of fused-ring (bicyclic) bond motifs is 8. The van der Waals surface area contributed by atoms with Crippen molar-refractivity contribution in [2.24, 2.45) is 0 Å². The van der Waals surface area contributed by atoms with Gasteiger partial charge in [-0.25, -0.2) is 14.8 Å². The fourth-order valence-corrected chi connectivity index (χ4v) is 9.67. The van der Waals surface area contributed by atoms with Crippen LogP contribution in [0.3, 0.4) is 0 Å². The molecule has 3 aromatic rings. The zero-order valence-electron chi connectivity index (χ0n) is 42.0. The molecule has 0 aromatic carbocycles. The number of hydrogen-bond acceptors (Lipinski definition) is 13. The molecule has 372 valence electrons. The number of rotatable bonds is 16. The number of amides is 4. The largest absolute Gasteiger partial charge is 0.469 e. The second kappa shape index (κ2) is 21.4. The van der Waals surface area contributed by atoms with Crippen LogP contribution in [0, 0.1) is 13.8 Å². The maximum absolute atomic E-state index is 15.3. The van der Waals surface area contributed by atoms with E-state index in [2.05, 4.69) is 27.1 Å². The van der Waals surface area contributed by atoms with E-state index in [-0.39, 0.29) is 49.8 Å². The number of esters is 1. The predicted octanol–water partition coefficient (Wildman–Crippen LogP) is 7.42. The zero-order valence-corrected chi connectivity index (χ0v) is 42.0. The second-order valence-corrected chi connectivity index (χ2v) is 19.1. The molecule has 18 nitrogen and oxygen atoms in total. The summed E-state index contributed by atoms with van der Waals surface area (Å²) in [6, 6.07) is 5.94. The number of imide groups is 1. The first kappa shape index (κ1) is 50.9. The van der Waals surface area contributed by atoms with Gasteiger partial charge in [0.2, 0.25) is 5.91 Å². The number of aromatic nitrogens is 4. The Labute approximate surface area is 403 Å². The summed E-state index contributed by atoms with van der Waals surface area (Å²) in [5.74, 6) is -2.93. The molecule has 4 aliphatic rings. The van der Waals surface area contributed by atoms with Gasteiger partial charge >= 0.3 is 12.1 Å². The van der Waals surface area contributed by atoms with E-state index in [9.17, 15) is 19.2 Å². The lowest BCUT2D eigenvalue weighted by molar-refractivity contribution is -0.141. The van der Waals surface area contributed by atoms with Crippen LogP contribution in [-0.2, 0) is 33.3 Å². The van der Waals surface area contributed by atoms with Crippen LogP contribution in [0.4, 0.5) is 4.79 Å². The number of morpholine rings is 1. The molecular weight excluding hydrogens is 885 g/mol. The van der Waals surface area contributed by atoms with E-state index in [1.807, 2.05) is 52.8 Å². The summed E-state index contributed by atoms with van der Waals surface area (Å²) in [6.07, 6.45) is 0.136. The Balaban J connectivity index is 1.37. The molecule has 0 spiro atoms. The third-order valence-electron chi connectivity index (χ3n) is 13.4. The van der Waals surface area contributed by atoms with Crippen molar-refractivity contribution >= 4 is 63.0 Å². The molecular formula is C51H68N8O10. The average Bonchev–Trinajstić information content (AvgIpc) is 3.98. The molecule has 1 saturated heterocycles. The van der Waals surface area contributed by atoms with E-state index >= 15 is 4.79 Å². The Hall–Kier alpha value is -5.95. The van der Waals surface area contributed by atoms with Crippen LogP contribution in [0.1, 0.15) is 153 Å². The number of aryl methyl sites for hydroxylation is 2. The topological polar surface area (TPSA) is 211 Å². The highest BCUT2D eigenvalue weighted by molar-refractivity contribution is 6.23. The molecule has 3 aromatic heterocycles. The standard InChI is InChI=1S/C51H68N8O10/c1-12-34-28(2)36-27-41-43(32(6)68-24-23-66-20-15-52-50(64)69-51(8,9)10)30(4)38(54-41)25-37-29(3)35(13-14-42(61)65-11)46(55-37)45-47-44(31(5)39(56-47)26-40(34)53-36)48(62)59(49(45)63)58(33(7)60)17-16-57-18-21-67-22-19-57/h25-27,29,32,35,54,56H,12-24H2,1-11H3,(H,52,64)/t29-,32?,35-/m0/s1. The molecule has 0 aliphatic carbocycles. The molecule has 1 fully saturated rings. The van der Waals surface area contributed by atoms with Crippen LogP contribution < -0.4 is 5.32 Å². The molecule has 4 amide bonds. The van der Waals surface area contributed by atoms with Crippen molar-refractivity contribution in [3.63, 3.8) is 0 Å². The van der Waals surface area contributed by atoms with Gasteiger partial charge in [0, 0.05) is 79.2 Å². The van der Waals surface area contributed by atoms with E-state index < -0.39 is 47.4 Å². The van der Waals surface area contributed by atoms with E-state index in [1.165, 1.54) is 19.0 Å². The molecule has 7 heterocycles. The number of aromatic amines is 2. The number of alkyl carbamates (subject to hydrolysis) is 1. The Bertz CT molecular complexity index is 2690. The summed E-state index contributed by atoms with van der Waals surface area (Å²) in [6.45, 7) is 22.9. The number of allylic oxidation sites excluding steroid dienone is 2. The van der Waals surface area contributed by atoms with E-state index in [0.717, 1.165) is 44.0 Å². The molecule has 8 bridgehead atoms. The molecule has 18 heteroatoms. The lowest BCUT2D eigenvalue weighted by Gasteiger charge is -2.37. The quantitative estimate of drug-likeness (QED) is 0.0726. The number of nitrogens with zero attached hydrogens (tertiary/aromatic N) is 5. The minimum absolute atomic E-state index is 0.0597. The predicted molar refractivity (Wildman–Crippen MR) is 260 cm³/mol. The normalized spacial score (nSPS) is 17.9. The maximum Gasteiger partial charge on any atom is 0.407 e. The van der Waals surface area contributed by atoms with Gasteiger partial charge in [0.25, 0.3) is 11.8 Å². The SMILES string of the molecule is CCC1=C(C)c2cc3[nH]c(cc4nc(c5c6[nH]c(cc1n2)c(C)c6C(=O)N(N(CCN1CCOCC1)C(C)=O)C5=O)[C@@H](CCC(=O)OC)[C@@H]4C)c(C)c3C(C)OCCOCCNC(=O)OC(C)(C)C. The first-order valence-electron chi connectivity index (χ1n) is 24.0. The van der Waals surface area contributed by atoms with Crippen LogP contribution in [0.2, 0.25) is 0 Å². The second-order valence-electron chi connectivity index (χ2n) is 19.1. The number of carbonyl (C=O) groups excluding carboxylic acids is 5. The molecule has 0 saturated carbocycles. The van der Waals surface area contributed by atoms with Crippen LogP contribution in [0.5, 0.6) is 0 Å². The number of ether oxygens (including phenoxy) is 5. The van der Waals surface area contributed by atoms with Gasteiger partial charge < -0.3 is 39.0 Å². The summed E-state index contributed by atoms with van der Waals surface area (Å²) in [4.78, 5) is 88.4. The summed E-state index contributed by atoms with van der Waals surface area (Å²) >= 11 is 0. The van der Waals surface area contributed by atoms with E-state index in [0.29, 0.717) is 86.0 Å². The van der Waals surface area contributed by atoms with Crippen molar-refractivity contribution in [1.29, 1.82) is 0 Å². The molecule has 1 unspecified atom stereocenters. The first-order chi connectivity index (χ1) is 32.8. The number of nitrogens with one attached hydrogen (secondary N) is 3. The van der Waals surface area contributed by atoms with Gasteiger partial charge in [-0.05, 0) is 102 Å². The molecule has 3 N–H and O–H groups in total. The Morgan fingerprint density at radius 1 is 0.942 bits per heavy atom. The summed E-state index contributed by atoms with van der Waals surface area (Å²) in [5, 5.41) is 4.93. The lowest BCUT2D eigenvalue weighted by Crippen LogP contribution is -2.56. The summed E-state index contributed by atoms with van der Waals surface area (Å²) < 4.78 is 28.1. The van der Waals surface area contributed by atoms with Gasteiger partial charge in [0.1, 0.15) is 5.60 Å². The van der Waals surface area contributed by atoms with E-state index in [1.54, 1.807) is 20.8 Å². The fraction of sp³-hybridized carbons (Fsp3) is 0.549. The van der Waals surface area contributed by atoms with Gasteiger partial charge in [-0.3, -0.25) is 29.1 Å². The Morgan fingerprint density at radius 2 is 1.64 bits per heavy atom. The average molecular weight is 953 g/mol. The fourth-order valence-electron chi connectivity index (χ4n) is 9.67. The van der Waals surface area contributed by atoms with Crippen molar-refractivity contribution in [3.8, 4) is 0 Å². The third kappa shape index (κ3) is 10.9. The van der Waals surface area contributed by atoms with Crippen molar-refractivity contribution in [1.82, 2.24) is 40.2 Å². The molecule has 0 radical (unpaired) electrons. The van der Waals surface area contributed by atoms with Crippen LogP contribution in [-0.4, -0.2) is 143 Å². The maximum atomic E-state index is 15.3. The molecule has 3 atom stereocenters. The highest BCUT2D eigenvalue weighted by Gasteiger charge is 2.44. The van der Waals surface area contributed by atoms with Crippen molar-refractivity contribution in [2.75, 3.05) is 72.9 Å². The summed E-state index contributed by atoms with van der Waals surface area (Å²) in [7, 11) is 1.34. The Kier molecular flexibility index (Phi) is 15.8. The van der Waals surface area contributed by atoms with Gasteiger partial charge in [-0.2, -0.15) is 5.01 Å². The minimum Gasteiger partial charge on any atom is -0.469 e. The van der Waals surface area contributed by atoms with Gasteiger partial charge in [-0.1, -0.05) is 13.8 Å². The highest BCUT2D eigenvalue weighted by Crippen LogP contribution is 2.45. The third-order valence-corrected chi connectivity index (χ3v) is 13.4.